The van der Waals surface area contributed by atoms with Crippen LogP contribution in [-0.4, -0.2) is 31.3 Å². The molecule has 2 aromatic carbocycles. The van der Waals surface area contributed by atoms with Crippen LogP contribution in [0.2, 0.25) is 0 Å². The zero-order chi connectivity index (χ0) is 16.2. The molecule has 0 aliphatic carbocycles. The predicted molar refractivity (Wildman–Crippen MR) is 84.5 cm³/mol. The average Bonchev–Trinajstić information content (AvgIpc) is 3.03. The molecule has 3 aromatic rings. The summed E-state index contributed by atoms with van der Waals surface area (Å²) in [5, 5.41) is 21.1. The first-order valence-corrected chi connectivity index (χ1v) is 7.05. The third kappa shape index (κ3) is 3.18. The van der Waals surface area contributed by atoms with Crippen molar-refractivity contribution in [2.45, 2.75) is 12.5 Å². The van der Waals surface area contributed by atoms with Gasteiger partial charge in [0.2, 0.25) is 0 Å². The van der Waals surface area contributed by atoms with Crippen molar-refractivity contribution in [2.75, 3.05) is 5.73 Å². The highest BCUT2D eigenvalue weighted by atomic mass is 16.4. The minimum atomic E-state index is -0.988. The van der Waals surface area contributed by atoms with E-state index in [1.165, 1.54) is 4.68 Å². The Bertz CT molecular complexity index is 799. The standard InChI is InChI=1S/C16H15N5O2/c17-13-8-6-12(7-9-13)15-18-19-20-21(15)14(16(22)23)10-11-4-2-1-3-5-11/h1-9,14H,10,17H2,(H,22,23). The molecule has 0 amide bonds. The normalized spacial score (nSPS) is 12.0. The highest BCUT2D eigenvalue weighted by molar-refractivity contribution is 5.73. The fourth-order valence-electron chi connectivity index (χ4n) is 2.34. The molecule has 116 valence electrons. The fraction of sp³-hybridized carbons (Fsp3) is 0.125. The first kappa shape index (κ1) is 14.7. The second kappa shape index (κ2) is 6.27. The molecule has 1 atom stereocenters. The lowest BCUT2D eigenvalue weighted by Crippen LogP contribution is -2.23. The summed E-state index contributed by atoms with van der Waals surface area (Å²) in [5.74, 6) is -0.592. The number of aromatic nitrogens is 4. The first-order valence-electron chi connectivity index (χ1n) is 7.05. The number of carboxylic acid groups (broad SMARTS) is 1. The average molecular weight is 309 g/mol. The summed E-state index contributed by atoms with van der Waals surface area (Å²) < 4.78 is 1.33. The van der Waals surface area contributed by atoms with Crippen LogP contribution in [0.25, 0.3) is 11.4 Å². The first-order chi connectivity index (χ1) is 11.1. The number of rotatable bonds is 5. The molecule has 0 aliphatic rings. The van der Waals surface area contributed by atoms with Gasteiger partial charge in [-0.25, -0.2) is 9.48 Å². The minimum Gasteiger partial charge on any atom is -0.480 e. The third-order valence-electron chi connectivity index (χ3n) is 3.51. The van der Waals surface area contributed by atoms with Crippen molar-refractivity contribution < 1.29 is 9.90 Å². The van der Waals surface area contributed by atoms with Crippen molar-refractivity contribution >= 4 is 11.7 Å². The molecule has 0 saturated carbocycles. The van der Waals surface area contributed by atoms with Crippen molar-refractivity contribution in [3.63, 3.8) is 0 Å². The zero-order valence-corrected chi connectivity index (χ0v) is 12.2. The molecule has 1 heterocycles. The number of benzene rings is 2. The highest BCUT2D eigenvalue weighted by Crippen LogP contribution is 2.22. The summed E-state index contributed by atoms with van der Waals surface area (Å²) >= 11 is 0. The maximum Gasteiger partial charge on any atom is 0.329 e. The molecule has 23 heavy (non-hydrogen) atoms. The van der Waals surface area contributed by atoms with Gasteiger partial charge in [-0.1, -0.05) is 30.3 Å². The summed E-state index contributed by atoms with van der Waals surface area (Å²) in [7, 11) is 0. The van der Waals surface area contributed by atoms with Gasteiger partial charge in [0.1, 0.15) is 0 Å². The van der Waals surface area contributed by atoms with Gasteiger partial charge in [-0.2, -0.15) is 0 Å². The number of nitrogen functional groups attached to an aromatic ring is 1. The molecule has 3 rings (SSSR count). The molecule has 0 saturated heterocycles. The molecule has 7 heteroatoms. The molecule has 1 aromatic heterocycles. The molecular weight excluding hydrogens is 294 g/mol. The van der Waals surface area contributed by atoms with Crippen molar-refractivity contribution in [3.8, 4) is 11.4 Å². The van der Waals surface area contributed by atoms with Crippen LogP contribution in [0.15, 0.2) is 54.6 Å². The minimum absolute atomic E-state index is 0.295. The van der Waals surface area contributed by atoms with E-state index in [1.54, 1.807) is 24.3 Å². The van der Waals surface area contributed by atoms with E-state index in [4.69, 9.17) is 5.73 Å². The Morgan fingerprint density at radius 1 is 1.13 bits per heavy atom. The maximum atomic E-state index is 11.7. The number of carbonyl (C=O) groups is 1. The SMILES string of the molecule is Nc1ccc(-c2nnnn2C(Cc2ccccc2)C(=O)O)cc1. The number of hydrogen-bond acceptors (Lipinski definition) is 5. The Labute approximate surface area is 132 Å². The van der Waals surface area contributed by atoms with Crippen LogP contribution in [0.4, 0.5) is 5.69 Å². The van der Waals surface area contributed by atoms with Crippen LogP contribution in [0.3, 0.4) is 0 Å². The maximum absolute atomic E-state index is 11.7. The van der Waals surface area contributed by atoms with Crippen LogP contribution < -0.4 is 5.73 Å². The molecular formula is C16H15N5O2. The van der Waals surface area contributed by atoms with Crippen molar-refractivity contribution in [1.29, 1.82) is 0 Å². The summed E-state index contributed by atoms with van der Waals surface area (Å²) in [4.78, 5) is 11.7. The largest absolute Gasteiger partial charge is 0.480 e. The van der Waals surface area contributed by atoms with Gasteiger partial charge >= 0.3 is 5.97 Å². The quantitative estimate of drug-likeness (QED) is 0.696. The zero-order valence-electron chi connectivity index (χ0n) is 12.2. The predicted octanol–water partition coefficient (Wildman–Crippen LogP) is 1.79. The lowest BCUT2D eigenvalue weighted by Gasteiger charge is -2.14. The molecule has 0 fully saturated rings. The second-order valence-electron chi connectivity index (χ2n) is 5.11. The molecule has 0 bridgehead atoms. The summed E-state index contributed by atoms with van der Waals surface area (Å²) in [6.07, 6.45) is 0.295. The Morgan fingerprint density at radius 3 is 2.48 bits per heavy atom. The van der Waals surface area contributed by atoms with E-state index >= 15 is 0 Å². The van der Waals surface area contributed by atoms with Crippen LogP contribution >= 0.6 is 0 Å². The summed E-state index contributed by atoms with van der Waals surface area (Å²) in [6.45, 7) is 0. The van der Waals surface area contributed by atoms with Gasteiger partial charge in [-0.05, 0) is 40.3 Å². The van der Waals surface area contributed by atoms with E-state index < -0.39 is 12.0 Å². The van der Waals surface area contributed by atoms with E-state index in [-0.39, 0.29) is 0 Å². The lowest BCUT2D eigenvalue weighted by atomic mass is 10.1. The number of hydrogen-bond donors (Lipinski definition) is 2. The van der Waals surface area contributed by atoms with Crippen molar-refractivity contribution in [3.05, 3.63) is 60.2 Å². The number of tetrazole rings is 1. The van der Waals surface area contributed by atoms with Crippen LogP contribution in [-0.2, 0) is 11.2 Å². The van der Waals surface area contributed by atoms with E-state index in [9.17, 15) is 9.90 Å². The van der Waals surface area contributed by atoms with Crippen LogP contribution in [0.1, 0.15) is 11.6 Å². The fourth-order valence-corrected chi connectivity index (χ4v) is 2.34. The highest BCUT2D eigenvalue weighted by Gasteiger charge is 2.25. The van der Waals surface area contributed by atoms with Crippen LogP contribution in [0, 0.1) is 0 Å². The Balaban J connectivity index is 1.97. The topological polar surface area (TPSA) is 107 Å². The number of carboxylic acids is 1. The summed E-state index contributed by atoms with van der Waals surface area (Å²) in [5.41, 5.74) is 7.91. The number of aliphatic carboxylic acids is 1. The van der Waals surface area contributed by atoms with Gasteiger partial charge in [-0.3, -0.25) is 0 Å². The Kier molecular flexibility index (Phi) is 4.01. The van der Waals surface area contributed by atoms with Gasteiger partial charge in [-0.15, -0.1) is 5.10 Å². The Hall–Kier alpha value is -3.22. The van der Waals surface area contributed by atoms with E-state index in [0.29, 0.717) is 23.5 Å². The number of anilines is 1. The van der Waals surface area contributed by atoms with Crippen molar-refractivity contribution in [2.24, 2.45) is 0 Å². The summed E-state index contributed by atoms with van der Waals surface area (Å²) in [6, 6.07) is 15.5. The molecule has 1 unspecified atom stereocenters. The number of nitrogens with zero attached hydrogens (tertiary/aromatic N) is 4. The smallest absolute Gasteiger partial charge is 0.329 e. The third-order valence-corrected chi connectivity index (χ3v) is 3.51. The monoisotopic (exact) mass is 309 g/mol. The van der Waals surface area contributed by atoms with E-state index in [2.05, 4.69) is 15.5 Å². The molecule has 7 nitrogen and oxygen atoms in total. The number of nitrogens with two attached hydrogens (primary N) is 1. The van der Waals surface area contributed by atoms with E-state index in [0.717, 1.165) is 5.56 Å². The Morgan fingerprint density at radius 2 is 1.83 bits per heavy atom. The van der Waals surface area contributed by atoms with Gasteiger partial charge < -0.3 is 10.8 Å². The van der Waals surface area contributed by atoms with Gasteiger partial charge in [0.25, 0.3) is 0 Å². The molecule has 3 N–H and O–H groups in total. The van der Waals surface area contributed by atoms with Crippen molar-refractivity contribution in [1.82, 2.24) is 20.2 Å². The van der Waals surface area contributed by atoms with Gasteiger partial charge in [0.15, 0.2) is 11.9 Å². The van der Waals surface area contributed by atoms with Gasteiger partial charge in [0.05, 0.1) is 0 Å². The van der Waals surface area contributed by atoms with Gasteiger partial charge in [0, 0.05) is 17.7 Å². The second-order valence-corrected chi connectivity index (χ2v) is 5.11. The molecule has 0 spiro atoms. The molecule has 0 aliphatic heterocycles. The molecule has 0 radical (unpaired) electrons. The lowest BCUT2D eigenvalue weighted by molar-refractivity contribution is -0.141. The van der Waals surface area contributed by atoms with Crippen LogP contribution in [0.5, 0.6) is 0 Å². The van der Waals surface area contributed by atoms with E-state index in [1.807, 2.05) is 30.3 Å².